The number of amides is 1. The highest BCUT2D eigenvalue weighted by Gasteiger charge is 2.14. The van der Waals surface area contributed by atoms with Crippen molar-refractivity contribution in [1.29, 1.82) is 0 Å². The molecule has 1 atom stereocenters. The first-order chi connectivity index (χ1) is 18.1. The third-order valence-electron chi connectivity index (χ3n) is 5.27. The number of aryl methyl sites for hydroxylation is 1. The maximum atomic E-state index is 11.9. The second-order valence-electron chi connectivity index (χ2n) is 8.47. The topological polar surface area (TPSA) is 145 Å². The quantitative estimate of drug-likeness (QED) is 0.184. The van der Waals surface area contributed by atoms with E-state index in [0.717, 1.165) is 16.7 Å². The van der Waals surface area contributed by atoms with Gasteiger partial charge in [-0.2, -0.15) is 8.42 Å². The Bertz CT molecular complexity index is 1220. The van der Waals surface area contributed by atoms with Gasteiger partial charge in [0.05, 0.1) is 4.90 Å². The fourth-order valence-corrected chi connectivity index (χ4v) is 3.60. The SMILES string of the molecule is Cc1ccc(S(=O)(=O)O)cc1.NC(CCCCNC(=O)OCc1ccccc1)C(=O)OCc1ccccc1. The van der Waals surface area contributed by atoms with Crippen molar-refractivity contribution in [2.45, 2.75) is 50.3 Å². The first-order valence-electron chi connectivity index (χ1n) is 12.1. The molecule has 3 aromatic carbocycles. The zero-order chi connectivity index (χ0) is 27.8. The number of ether oxygens (including phenoxy) is 2. The van der Waals surface area contributed by atoms with Gasteiger partial charge in [0.1, 0.15) is 19.3 Å². The van der Waals surface area contributed by atoms with Gasteiger partial charge in [0.25, 0.3) is 10.1 Å². The summed E-state index contributed by atoms with van der Waals surface area (Å²) < 4.78 is 39.9. The summed E-state index contributed by atoms with van der Waals surface area (Å²) in [4.78, 5) is 23.4. The molecule has 3 aromatic rings. The highest BCUT2D eigenvalue weighted by atomic mass is 32.2. The number of unbranched alkanes of at least 4 members (excludes halogenated alkanes) is 1. The van der Waals surface area contributed by atoms with Crippen LogP contribution in [0.2, 0.25) is 0 Å². The van der Waals surface area contributed by atoms with Gasteiger partial charge in [0, 0.05) is 6.54 Å². The van der Waals surface area contributed by atoms with Crippen molar-refractivity contribution in [2.75, 3.05) is 6.54 Å². The van der Waals surface area contributed by atoms with E-state index in [1.165, 1.54) is 12.1 Å². The average Bonchev–Trinajstić information content (AvgIpc) is 2.91. The normalized spacial score (nSPS) is 11.4. The number of esters is 1. The molecular formula is C28H34N2O7S. The van der Waals surface area contributed by atoms with Crippen molar-refractivity contribution in [3.05, 3.63) is 102 Å². The van der Waals surface area contributed by atoms with Crippen LogP contribution in [-0.4, -0.2) is 37.6 Å². The molecule has 0 aromatic heterocycles. The van der Waals surface area contributed by atoms with Gasteiger partial charge in [-0.1, -0.05) is 78.4 Å². The molecule has 0 saturated carbocycles. The van der Waals surface area contributed by atoms with Crippen LogP contribution >= 0.6 is 0 Å². The molecule has 1 amide bonds. The molecule has 9 nitrogen and oxygen atoms in total. The molecule has 204 valence electrons. The molecule has 0 aliphatic heterocycles. The fourth-order valence-electron chi connectivity index (χ4n) is 3.12. The minimum Gasteiger partial charge on any atom is -0.460 e. The molecule has 10 heteroatoms. The third-order valence-corrected chi connectivity index (χ3v) is 6.14. The second kappa shape index (κ2) is 16.2. The van der Waals surface area contributed by atoms with E-state index in [2.05, 4.69) is 5.32 Å². The monoisotopic (exact) mass is 542 g/mol. The van der Waals surface area contributed by atoms with Crippen LogP contribution < -0.4 is 11.1 Å². The van der Waals surface area contributed by atoms with Gasteiger partial charge in [-0.3, -0.25) is 9.35 Å². The number of rotatable bonds is 11. The van der Waals surface area contributed by atoms with E-state index in [0.29, 0.717) is 25.8 Å². The molecule has 0 saturated heterocycles. The number of nitrogens with two attached hydrogens (primary N) is 1. The van der Waals surface area contributed by atoms with Crippen molar-refractivity contribution >= 4 is 22.2 Å². The Hall–Kier alpha value is -3.73. The average molecular weight is 543 g/mol. The molecule has 1 unspecified atom stereocenters. The molecule has 4 N–H and O–H groups in total. The number of carbonyl (C=O) groups is 2. The van der Waals surface area contributed by atoms with Crippen LogP contribution in [0.4, 0.5) is 4.79 Å². The number of benzene rings is 3. The maximum absolute atomic E-state index is 11.9. The number of hydrogen-bond acceptors (Lipinski definition) is 7. The molecule has 0 radical (unpaired) electrons. The zero-order valence-electron chi connectivity index (χ0n) is 21.3. The molecule has 0 spiro atoms. The molecule has 0 fully saturated rings. The number of hydrogen-bond donors (Lipinski definition) is 3. The van der Waals surface area contributed by atoms with E-state index in [1.54, 1.807) is 12.1 Å². The van der Waals surface area contributed by atoms with Gasteiger partial charge in [0.15, 0.2) is 0 Å². The minimum absolute atomic E-state index is 0.0666. The lowest BCUT2D eigenvalue weighted by molar-refractivity contribution is -0.146. The van der Waals surface area contributed by atoms with E-state index >= 15 is 0 Å². The molecule has 0 heterocycles. The van der Waals surface area contributed by atoms with Crippen LogP contribution in [0, 0.1) is 6.92 Å². The van der Waals surface area contributed by atoms with Crippen LogP contribution in [0.15, 0.2) is 89.8 Å². The Balaban J connectivity index is 0.000000384. The largest absolute Gasteiger partial charge is 0.460 e. The number of nitrogens with one attached hydrogen (secondary N) is 1. The van der Waals surface area contributed by atoms with Crippen LogP contribution in [-0.2, 0) is 37.6 Å². The molecule has 3 rings (SSSR count). The van der Waals surface area contributed by atoms with E-state index in [-0.39, 0.29) is 18.1 Å². The summed E-state index contributed by atoms with van der Waals surface area (Å²) in [6.45, 7) is 2.78. The standard InChI is InChI=1S/C21H26N2O4.C7H8O3S/c22-19(20(24)26-15-17-9-3-1-4-10-17)13-7-8-14-23-21(25)27-16-18-11-5-2-6-12-18;1-6-2-4-7(5-3-6)11(8,9)10/h1-6,9-12,19H,7-8,13-16,22H2,(H,23,25);2-5H,1H3,(H,8,9,10). The van der Waals surface area contributed by atoms with Crippen molar-refractivity contribution in [3.8, 4) is 0 Å². The molecule has 0 bridgehead atoms. The summed E-state index contributed by atoms with van der Waals surface area (Å²) in [6, 6.07) is 24.3. The predicted octanol–water partition coefficient (Wildman–Crippen LogP) is 4.40. The molecule has 0 aliphatic carbocycles. The minimum atomic E-state index is -4.02. The summed E-state index contributed by atoms with van der Waals surface area (Å²) >= 11 is 0. The van der Waals surface area contributed by atoms with Crippen LogP contribution in [0.25, 0.3) is 0 Å². The Morgan fingerprint density at radius 1 is 0.842 bits per heavy atom. The zero-order valence-corrected chi connectivity index (χ0v) is 22.1. The third kappa shape index (κ3) is 12.5. The number of alkyl carbamates (subject to hydrolysis) is 1. The lowest BCUT2D eigenvalue weighted by Crippen LogP contribution is -2.32. The Labute approximate surface area is 223 Å². The summed E-state index contributed by atoms with van der Waals surface area (Å²) in [5, 5.41) is 2.68. The Morgan fingerprint density at radius 3 is 1.89 bits per heavy atom. The van der Waals surface area contributed by atoms with Crippen LogP contribution in [0.5, 0.6) is 0 Å². The molecular weight excluding hydrogens is 508 g/mol. The lowest BCUT2D eigenvalue weighted by atomic mass is 10.1. The van der Waals surface area contributed by atoms with Gasteiger partial charge in [-0.15, -0.1) is 0 Å². The van der Waals surface area contributed by atoms with E-state index in [1.807, 2.05) is 67.6 Å². The number of carbonyl (C=O) groups excluding carboxylic acids is 2. The highest BCUT2D eigenvalue weighted by molar-refractivity contribution is 7.85. The summed E-state index contributed by atoms with van der Waals surface area (Å²) in [7, 11) is -4.02. The van der Waals surface area contributed by atoms with Crippen molar-refractivity contribution < 1.29 is 32.0 Å². The van der Waals surface area contributed by atoms with E-state index in [4.69, 9.17) is 19.8 Å². The predicted molar refractivity (Wildman–Crippen MR) is 144 cm³/mol. The van der Waals surface area contributed by atoms with Crippen molar-refractivity contribution in [1.82, 2.24) is 5.32 Å². The smallest absolute Gasteiger partial charge is 0.407 e. The maximum Gasteiger partial charge on any atom is 0.407 e. The summed E-state index contributed by atoms with van der Waals surface area (Å²) in [5.41, 5.74) is 8.67. The molecule has 0 aliphatic rings. The van der Waals surface area contributed by atoms with Gasteiger partial charge >= 0.3 is 12.1 Å². The van der Waals surface area contributed by atoms with Gasteiger partial charge < -0.3 is 20.5 Å². The van der Waals surface area contributed by atoms with E-state index < -0.39 is 28.2 Å². The Morgan fingerprint density at radius 2 is 1.37 bits per heavy atom. The second-order valence-corrected chi connectivity index (χ2v) is 9.89. The highest BCUT2D eigenvalue weighted by Crippen LogP contribution is 2.09. The van der Waals surface area contributed by atoms with Crippen molar-refractivity contribution in [2.24, 2.45) is 5.73 Å². The van der Waals surface area contributed by atoms with Gasteiger partial charge in [-0.25, -0.2) is 4.79 Å². The van der Waals surface area contributed by atoms with E-state index in [9.17, 15) is 18.0 Å². The van der Waals surface area contributed by atoms with Gasteiger partial charge in [0.2, 0.25) is 0 Å². The fraction of sp³-hybridized carbons (Fsp3) is 0.286. The first-order valence-corrected chi connectivity index (χ1v) is 13.5. The first kappa shape index (κ1) is 30.5. The van der Waals surface area contributed by atoms with Crippen LogP contribution in [0.1, 0.15) is 36.0 Å². The van der Waals surface area contributed by atoms with Crippen molar-refractivity contribution in [3.63, 3.8) is 0 Å². The molecule has 38 heavy (non-hydrogen) atoms. The summed E-state index contributed by atoms with van der Waals surface area (Å²) in [6.07, 6.45) is 1.47. The van der Waals surface area contributed by atoms with Gasteiger partial charge in [-0.05, 0) is 49.4 Å². The van der Waals surface area contributed by atoms with Crippen LogP contribution in [0.3, 0.4) is 0 Å². The Kier molecular flexibility index (Phi) is 13.0. The summed E-state index contributed by atoms with van der Waals surface area (Å²) in [5.74, 6) is -0.408. The lowest BCUT2D eigenvalue weighted by Gasteiger charge is -2.12.